The first kappa shape index (κ1) is 12.4. The molecule has 0 N–H and O–H groups in total. The van der Waals surface area contributed by atoms with Crippen LogP contribution < -0.4 is 0 Å². The van der Waals surface area contributed by atoms with Crippen molar-refractivity contribution in [3.63, 3.8) is 0 Å². The molecule has 0 radical (unpaired) electrons. The third-order valence-corrected chi connectivity index (χ3v) is 2.84. The first-order valence-electron chi connectivity index (χ1n) is 5.78. The Morgan fingerprint density at radius 3 is 2.65 bits per heavy atom. The largest absolute Gasteiger partial charge is 0.326 e. The molecule has 92 valence electrons. The molecular weight excluding hydrogens is 239 g/mol. The second-order valence-electron chi connectivity index (χ2n) is 4.72. The van der Waals surface area contributed by atoms with Gasteiger partial charge in [-0.15, -0.1) is 11.6 Å². The molecule has 0 saturated carbocycles. The van der Waals surface area contributed by atoms with Crippen molar-refractivity contribution in [1.29, 1.82) is 0 Å². The number of alkyl halides is 1. The number of halogens is 2. The molecule has 2 nitrogen and oxygen atoms in total. The van der Waals surface area contributed by atoms with E-state index in [1.165, 1.54) is 12.1 Å². The van der Waals surface area contributed by atoms with Crippen molar-refractivity contribution in [1.82, 2.24) is 9.55 Å². The highest BCUT2D eigenvalue weighted by Gasteiger charge is 2.15. The van der Waals surface area contributed by atoms with Crippen molar-refractivity contribution in [2.75, 3.05) is 0 Å². The van der Waals surface area contributed by atoms with Gasteiger partial charge in [0.05, 0.1) is 16.4 Å². The molecule has 2 rings (SSSR count). The van der Waals surface area contributed by atoms with Crippen molar-refractivity contribution in [3.8, 4) is 0 Å². The fraction of sp³-hybridized carbons (Fsp3) is 0.462. The Morgan fingerprint density at radius 2 is 2.06 bits per heavy atom. The van der Waals surface area contributed by atoms with Crippen molar-refractivity contribution in [2.45, 2.75) is 32.7 Å². The summed E-state index contributed by atoms with van der Waals surface area (Å²) in [4.78, 5) is 4.42. The lowest BCUT2D eigenvalue weighted by atomic mass is 10.2. The average molecular weight is 255 g/mol. The molecule has 0 saturated heterocycles. The average Bonchev–Trinajstić information content (AvgIpc) is 2.55. The summed E-state index contributed by atoms with van der Waals surface area (Å²) >= 11 is 6.13. The van der Waals surface area contributed by atoms with Gasteiger partial charge in [0.15, 0.2) is 0 Å². The molecule has 0 aliphatic carbocycles. The van der Waals surface area contributed by atoms with E-state index in [-0.39, 0.29) is 11.2 Å². The maximum Gasteiger partial charge on any atom is 0.127 e. The third kappa shape index (κ3) is 2.44. The first-order valence-corrected chi connectivity index (χ1v) is 6.22. The fourth-order valence-electron chi connectivity index (χ4n) is 1.98. The first-order chi connectivity index (χ1) is 7.99. The van der Waals surface area contributed by atoms with Crippen LogP contribution in [0.15, 0.2) is 18.2 Å². The van der Waals surface area contributed by atoms with E-state index in [1.54, 1.807) is 6.07 Å². The molecule has 2 aromatic rings. The molecule has 0 bridgehead atoms. The topological polar surface area (TPSA) is 17.8 Å². The summed E-state index contributed by atoms with van der Waals surface area (Å²) in [7, 11) is 0. The monoisotopic (exact) mass is 254 g/mol. The number of hydrogen-bond donors (Lipinski definition) is 0. The molecule has 0 fully saturated rings. The molecular formula is C13H16ClFN2. The number of imidazole rings is 1. The van der Waals surface area contributed by atoms with Crippen LogP contribution in [0.1, 0.15) is 32.0 Å². The van der Waals surface area contributed by atoms with E-state index in [0.29, 0.717) is 11.4 Å². The molecule has 0 spiro atoms. The lowest BCUT2D eigenvalue weighted by molar-refractivity contribution is 0.517. The maximum absolute atomic E-state index is 13.2. The van der Waals surface area contributed by atoms with Gasteiger partial charge in [0.2, 0.25) is 0 Å². The SMILES string of the molecule is CC(C)Cn1c(C(C)Cl)nc2cc(F)ccc21. The van der Waals surface area contributed by atoms with Crippen LogP contribution in [-0.2, 0) is 6.54 Å². The van der Waals surface area contributed by atoms with Crippen LogP contribution in [0.4, 0.5) is 4.39 Å². The summed E-state index contributed by atoms with van der Waals surface area (Å²) in [6.45, 7) is 7.00. The number of rotatable bonds is 3. The number of aromatic nitrogens is 2. The molecule has 0 amide bonds. The zero-order valence-electron chi connectivity index (χ0n) is 10.2. The number of hydrogen-bond acceptors (Lipinski definition) is 1. The van der Waals surface area contributed by atoms with Gasteiger partial charge in [-0.1, -0.05) is 13.8 Å². The Kier molecular flexibility index (Phi) is 3.38. The molecule has 1 aromatic carbocycles. The highest BCUT2D eigenvalue weighted by Crippen LogP contribution is 2.25. The third-order valence-electron chi connectivity index (χ3n) is 2.64. The summed E-state index contributed by atoms with van der Waals surface area (Å²) in [5.74, 6) is 1.04. The van der Waals surface area contributed by atoms with E-state index in [1.807, 2.05) is 6.92 Å². The van der Waals surface area contributed by atoms with Gasteiger partial charge in [-0.3, -0.25) is 0 Å². The molecule has 1 unspecified atom stereocenters. The van der Waals surface area contributed by atoms with Crippen LogP contribution in [0, 0.1) is 11.7 Å². The highest BCUT2D eigenvalue weighted by molar-refractivity contribution is 6.20. The molecule has 0 aliphatic heterocycles. The van der Waals surface area contributed by atoms with Gasteiger partial charge in [0.1, 0.15) is 11.6 Å². The second kappa shape index (κ2) is 4.65. The van der Waals surface area contributed by atoms with Gasteiger partial charge >= 0.3 is 0 Å². The summed E-state index contributed by atoms with van der Waals surface area (Å²) in [6.07, 6.45) is 0. The number of benzene rings is 1. The molecule has 17 heavy (non-hydrogen) atoms. The van der Waals surface area contributed by atoms with Crippen LogP contribution in [0.25, 0.3) is 11.0 Å². The lowest BCUT2D eigenvalue weighted by Crippen LogP contribution is -2.08. The van der Waals surface area contributed by atoms with Gasteiger partial charge in [0, 0.05) is 12.6 Å². The fourth-order valence-corrected chi connectivity index (χ4v) is 2.15. The van der Waals surface area contributed by atoms with Crippen molar-refractivity contribution in [3.05, 3.63) is 29.8 Å². The van der Waals surface area contributed by atoms with Crippen molar-refractivity contribution in [2.24, 2.45) is 5.92 Å². The highest BCUT2D eigenvalue weighted by atomic mass is 35.5. The Morgan fingerprint density at radius 1 is 1.35 bits per heavy atom. The van der Waals surface area contributed by atoms with Gasteiger partial charge in [-0.25, -0.2) is 9.37 Å². The van der Waals surface area contributed by atoms with Gasteiger partial charge in [0.25, 0.3) is 0 Å². The normalized spacial score (nSPS) is 13.5. The smallest absolute Gasteiger partial charge is 0.127 e. The summed E-state index contributed by atoms with van der Waals surface area (Å²) in [5, 5.41) is -0.177. The zero-order valence-corrected chi connectivity index (χ0v) is 11.0. The van der Waals surface area contributed by atoms with E-state index in [0.717, 1.165) is 17.9 Å². The molecule has 1 aromatic heterocycles. The standard InChI is InChI=1S/C13H16ClFN2/c1-8(2)7-17-12-5-4-10(15)6-11(12)16-13(17)9(3)14/h4-6,8-9H,7H2,1-3H3. The van der Waals surface area contributed by atoms with Crippen LogP contribution in [0.3, 0.4) is 0 Å². The van der Waals surface area contributed by atoms with E-state index in [2.05, 4.69) is 23.4 Å². The van der Waals surface area contributed by atoms with E-state index in [9.17, 15) is 4.39 Å². The second-order valence-corrected chi connectivity index (χ2v) is 5.38. The summed E-state index contributed by atoms with van der Waals surface area (Å²) < 4.78 is 15.2. The summed E-state index contributed by atoms with van der Waals surface area (Å²) in [6, 6.07) is 4.68. The predicted molar refractivity (Wildman–Crippen MR) is 68.8 cm³/mol. The zero-order chi connectivity index (χ0) is 12.6. The van der Waals surface area contributed by atoms with E-state index >= 15 is 0 Å². The number of fused-ring (bicyclic) bond motifs is 1. The minimum Gasteiger partial charge on any atom is -0.326 e. The van der Waals surface area contributed by atoms with Crippen molar-refractivity contribution < 1.29 is 4.39 Å². The van der Waals surface area contributed by atoms with E-state index in [4.69, 9.17) is 11.6 Å². The lowest BCUT2D eigenvalue weighted by Gasteiger charge is -2.12. The Bertz CT molecular complexity index is 531. The van der Waals surface area contributed by atoms with Crippen LogP contribution in [-0.4, -0.2) is 9.55 Å². The Balaban J connectivity index is 2.62. The number of nitrogens with zero attached hydrogens (tertiary/aromatic N) is 2. The minimum atomic E-state index is -0.263. The van der Waals surface area contributed by atoms with Gasteiger partial charge < -0.3 is 4.57 Å². The van der Waals surface area contributed by atoms with Crippen LogP contribution in [0.5, 0.6) is 0 Å². The quantitative estimate of drug-likeness (QED) is 0.753. The van der Waals surface area contributed by atoms with Crippen LogP contribution in [0.2, 0.25) is 0 Å². The summed E-state index contributed by atoms with van der Waals surface area (Å²) in [5.41, 5.74) is 1.62. The van der Waals surface area contributed by atoms with Gasteiger partial charge in [-0.2, -0.15) is 0 Å². The molecule has 1 atom stereocenters. The Hall–Kier alpha value is -1.09. The molecule has 4 heteroatoms. The van der Waals surface area contributed by atoms with Gasteiger partial charge in [-0.05, 0) is 25.0 Å². The maximum atomic E-state index is 13.2. The van der Waals surface area contributed by atoms with Crippen LogP contribution >= 0.6 is 11.6 Å². The van der Waals surface area contributed by atoms with E-state index < -0.39 is 0 Å². The molecule has 0 aliphatic rings. The Labute approximate surface area is 105 Å². The molecule has 1 heterocycles. The predicted octanol–water partition coefficient (Wildman–Crippen LogP) is 4.13. The minimum absolute atomic E-state index is 0.177. The van der Waals surface area contributed by atoms with Crippen molar-refractivity contribution >= 4 is 22.6 Å².